The van der Waals surface area contributed by atoms with Crippen molar-refractivity contribution < 1.29 is 23.8 Å². The first-order valence-electron chi connectivity index (χ1n) is 8.43. The molecule has 0 aliphatic heterocycles. The minimum absolute atomic E-state index is 0.137. The molecule has 0 fully saturated rings. The van der Waals surface area contributed by atoms with Crippen LogP contribution in [-0.4, -0.2) is 25.2 Å². The lowest BCUT2D eigenvalue weighted by atomic mass is 10.2. The Labute approximate surface area is 175 Å². The molecular weight excluding hydrogens is 480 g/mol. The predicted molar refractivity (Wildman–Crippen MR) is 110 cm³/mol. The average molecular weight is 500 g/mol. The highest BCUT2D eigenvalue weighted by molar-refractivity contribution is 9.10. The molecule has 0 saturated heterocycles. The average Bonchev–Trinajstić information content (AvgIpc) is 2.62. The molecule has 0 heterocycles. The van der Waals surface area contributed by atoms with E-state index in [4.69, 9.17) is 14.2 Å². The van der Waals surface area contributed by atoms with Crippen molar-refractivity contribution in [2.45, 2.75) is 20.8 Å². The molecule has 0 aromatic heterocycles. The number of halogens is 2. The Morgan fingerprint density at radius 2 is 1.70 bits per heavy atom. The van der Waals surface area contributed by atoms with Crippen LogP contribution < -0.4 is 9.47 Å². The predicted octanol–water partition coefficient (Wildman–Crippen LogP) is 5.64. The number of hydrogen-bond donors (Lipinski definition) is 0. The fourth-order valence-electron chi connectivity index (χ4n) is 2.12. The van der Waals surface area contributed by atoms with Gasteiger partial charge in [-0.05, 0) is 65.2 Å². The quantitative estimate of drug-likeness (QED) is 0.364. The van der Waals surface area contributed by atoms with E-state index in [0.717, 1.165) is 0 Å². The second-order valence-corrected chi connectivity index (χ2v) is 7.87. The van der Waals surface area contributed by atoms with Gasteiger partial charge < -0.3 is 14.2 Å². The molecule has 5 nitrogen and oxygen atoms in total. The molecule has 0 bridgehead atoms. The fraction of sp³-hybridized carbons (Fsp3) is 0.300. The number of ether oxygens (including phenoxy) is 3. The van der Waals surface area contributed by atoms with Gasteiger partial charge in [0, 0.05) is 4.47 Å². The zero-order valence-electron chi connectivity index (χ0n) is 15.3. The zero-order valence-corrected chi connectivity index (χ0v) is 18.4. The highest BCUT2D eigenvalue weighted by Gasteiger charge is 2.19. The summed E-state index contributed by atoms with van der Waals surface area (Å²) in [6, 6.07) is 9.73. The van der Waals surface area contributed by atoms with Gasteiger partial charge in [-0.2, -0.15) is 0 Å². The van der Waals surface area contributed by atoms with Crippen LogP contribution in [-0.2, 0) is 4.74 Å². The normalized spacial score (nSPS) is 10.6. The van der Waals surface area contributed by atoms with Crippen molar-refractivity contribution in [3.8, 4) is 11.5 Å². The van der Waals surface area contributed by atoms with Gasteiger partial charge in [0.1, 0.15) is 17.1 Å². The van der Waals surface area contributed by atoms with Gasteiger partial charge in [0.2, 0.25) is 0 Å². The highest BCUT2D eigenvalue weighted by atomic mass is 79.9. The SMILES string of the molecule is CCOC(=O)c1cc(Br)ccc1OC(=O)c1ccc(OCC(C)C)c(Br)c1. The molecule has 2 rings (SSSR count). The third-order valence-electron chi connectivity index (χ3n) is 3.38. The minimum Gasteiger partial charge on any atom is -0.492 e. The van der Waals surface area contributed by atoms with E-state index in [1.807, 2.05) is 0 Å². The largest absolute Gasteiger partial charge is 0.492 e. The molecule has 0 atom stereocenters. The van der Waals surface area contributed by atoms with Crippen molar-refractivity contribution in [3.05, 3.63) is 56.5 Å². The number of rotatable bonds is 7. The van der Waals surface area contributed by atoms with E-state index in [-0.39, 0.29) is 17.9 Å². The van der Waals surface area contributed by atoms with E-state index in [9.17, 15) is 9.59 Å². The summed E-state index contributed by atoms with van der Waals surface area (Å²) in [5.41, 5.74) is 0.507. The van der Waals surface area contributed by atoms with Crippen molar-refractivity contribution in [3.63, 3.8) is 0 Å². The lowest BCUT2D eigenvalue weighted by Gasteiger charge is -2.12. The van der Waals surface area contributed by atoms with Crippen molar-refractivity contribution in [2.75, 3.05) is 13.2 Å². The Balaban J connectivity index is 2.20. The van der Waals surface area contributed by atoms with E-state index in [2.05, 4.69) is 45.7 Å². The minimum atomic E-state index is -0.584. The lowest BCUT2D eigenvalue weighted by molar-refractivity contribution is 0.0520. The molecule has 2 aromatic rings. The summed E-state index contributed by atoms with van der Waals surface area (Å²) in [4.78, 5) is 24.6. The maximum atomic E-state index is 12.5. The maximum absolute atomic E-state index is 12.5. The Hall–Kier alpha value is -1.86. The van der Waals surface area contributed by atoms with Gasteiger partial charge >= 0.3 is 11.9 Å². The van der Waals surface area contributed by atoms with Gasteiger partial charge in [0.05, 0.1) is 23.2 Å². The number of hydrogen-bond acceptors (Lipinski definition) is 5. The monoisotopic (exact) mass is 498 g/mol. The van der Waals surface area contributed by atoms with Crippen LogP contribution in [0, 0.1) is 5.92 Å². The topological polar surface area (TPSA) is 61.8 Å². The first-order valence-corrected chi connectivity index (χ1v) is 10.0. The Morgan fingerprint density at radius 3 is 2.33 bits per heavy atom. The van der Waals surface area contributed by atoms with Gasteiger partial charge in [-0.1, -0.05) is 29.8 Å². The first-order chi connectivity index (χ1) is 12.8. The van der Waals surface area contributed by atoms with E-state index in [0.29, 0.717) is 32.8 Å². The summed E-state index contributed by atoms with van der Waals surface area (Å²) in [7, 11) is 0. The first kappa shape index (κ1) is 21.4. The van der Waals surface area contributed by atoms with Crippen LogP contribution in [0.25, 0.3) is 0 Å². The standard InChI is InChI=1S/C20H20Br2O5/c1-4-25-20(24)15-10-14(21)6-8-17(15)27-19(23)13-5-7-18(16(22)9-13)26-11-12(2)3/h5-10,12H,4,11H2,1-3H3. The molecule has 144 valence electrons. The smallest absolute Gasteiger partial charge is 0.343 e. The molecular formula is C20H20Br2O5. The van der Waals surface area contributed by atoms with Crippen molar-refractivity contribution in [2.24, 2.45) is 5.92 Å². The third-order valence-corrected chi connectivity index (χ3v) is 4.49. The van der Waals surface area contributed by atoms with Gasteiger partial charge in [-0.25, -0.2) is 9.59 Å². The Bertz CT molecular complexity index is 833. The van der Waals surface area contributed by atoms with Crippen LogP contribution in [0.5, 0.6) is 11.5 Å². The third kappa shape index (κ3) is 6.07. The van der Waals surface area contributed by atoms with Gasteiger partial charge in [0.25, 0.3) is 0 Å². The van der Waals surface area contributed by atoms with Gasteiger partial charge in [-0.3, -0.25) is 0 Å². The fourth-order valence-corrected chi connectivity index (χ4v) is 2.97. The summed E-state index contributed by atoms with van der Waals surface area (Å²) in [6.07, 6.45) is 0. The van der Waals surface area contributed by atoms with E-state index >= 15 is 0 Å². The maximum Gasteiger partial charge on any atom is 0.343 e. The van der Waals surface area contributed by atoms with Crippen LogP contribution in [0.3, 0.4) is 0 Å². The number of carbonyl (C=O) groups excluding carboxylic acids is 2. The molecule has 7 heteroatoms. The van der Waals surface area contributed by atoms with Gasteiger partial charge in [0.15, 0.2) is 0 Å². The Kier molecular flexibility index (Phi) is 7.86. The molecule has 0 aliphatic rings. The molecule has 0 unspecified atom stereocenters. The van der Waals surface area contributed by atoms with Crippen LogP contribution in [0.2, 0.25) is 0 Å². The molecule has 2 aromatic carbocycles. The van der Waals surface area contributed by atoms with E-state index < -0.39 is 11.9 Å². The molecule has 0 saturated carbocycles. The van der Waals surface area contributed by atoms with Crippen LogP contribution in [0.15, 0.2) is 45.3 Å². The summed E-state index contributed by atoms with van der Waals surface area (Å²) in [5.74, 6) is 0.0356. The number of benzene rings is 2. The van der Waals surface area contributed by atoms with Crippen LogP contribution >= 0.6 is 31.9 Å². The van der Waals surface area contributed by atoms with E-state index in [1.54, 1.807) is 43.3 Å². The molecule has 0 spiro atoms. The summed E-state index contributed by atoms with van der Waals surface area (Å²) in [6.45, 7) is 6.62. The molecule has 0 radical (unpaired) electrons. The molecule has 0 aliphatic carbocycles. The van der Waals surface area contributed by atoms with Crippen molar-refractivity contribution in [1.29, 1.82) is 0 Å². The Morgan fingerprint density at radius 1 is 1.00 bits per heavy atom. The lowest BCUT2D eigenvalue weighted by Crippen LogP contribution is -2.13. The molecule has 0 N–H and O–H groups in total. The second-order valence-electron chi connectivity index (χ2n) is 6.10. The second kappa shape index (κ2) is 9.90. The summed E-state index contributed by atoms with van der Waals surface area (Å²) in [5, 5.41) is 0. The zero-order chi connectivity index (χ0) is 20.0. The highest BCUT2D eigenvalue weighted by Crippen LogP contribution is 2.28. The van der Waals surface area contributed by atoms with Gasteiger partial charge in [-0.15, -0.1) is 0 Å². The van der Waals surface area contributed by atoms with Crippen molar-refractivity contribution in [1.82, 2.24) is 0 Å². The number of esters is 2. The molecule has 27 heavy (non-hydrogen) atoms. The summed E-state index contributed by atoms with van der Waals surface area (Å²) < 4.78 is 17.5. The molecule has 0 amide bonds. The van der Waals surface area contributed by atoms with Crippen LogP contribution in [0.1, 0.15) is 41.5 Å². The number of carbonyl (C=O) groups is 2. The van der Waals surface area contributed by atoms with Crippen molar-refractivity contribution >= 4 is 43.8 Å². The van der Waals surface area contributed by atoms with E-state index in [1.165, 1.54) is 0 Å². The van der Waals surface area contributed by atoms with Crippen LogP contribution in [0.4, 0.5) is 0 Å². The summed E-state index contributed by atoms with van der Waals surface area (Å²) >= 11 is 6.71.